The van der Waals surface area contributed by atoms with Gasteiger partial charge in [-0.3, -0.25) is 4.79 Å². The molecule has 1 N–H and O–H groups in total. The fourth-order valence-electron chi connectivity index (χ4n) is 6.35. The number of carbonyl (C=O) groups is 3. The minimum Gasteiger partial charge on any atom is -0.457 e. The van der Waals surface area contributed by atoms with E-state index in [2.05, 4.69) is 23.2 Å². The molecule has 40 heavy (non-hydrogen) atoms. The third kappa shape index (κ3) is 5.03. The van der Waals surface area contributed by atoms with Crippen LogP contribution in [0.1, 0.15) is 26.7 Å². The van der Waals surface area contributed by atoms with Gasteiger partial charge < -0.3 is 29.3 Å². The highest BCUT2D eigenvalue weighted by molar-refractivity contribution is 8.03. The van der Waals surface area contributed by atoms with Crippen molar-refractivity contribution in [3.63, 3.8) is 0 Å². The molecular weight excluding hydrogens is 534 g/mol. The van der Waals surface area contributed by atoms with Gasteiger partial charge in [0.2, 0.25) is 5.91 Å². The molecule has 0 aliphatic carbocycles. The predicted molar refractivity (Wildman–Crippen MR) is 150 cm³/mol. The van der Waals surface area contributed by atoms with Crippen molar-refractivity contribution in [2.45, 2.75) is 56.7 Å². The van der Waals surface area contributed by atoms with E-state index in [0.29, 0.717) is 13.0 Å². The van der Waals surface area contributed by atoms with Crippen LogP contribution in [0.2, 0.25) is 0 Å². The first-order valence-corrected chi connectivity index (χ1v) is 14.7. The molecule has 216 valence electrons. The maximum absolute atomic E-state index is 13.1. The zero-order valence-corrected chi connectivity index (χ0v) is 23.8. The van der Waals surface area contributed by atoms with Gasteiger partial charge in [-0.05, 0) is 19.8 Å². The molecule has 0 unspecified atom stereocenters. The number of nitrogens with zero attached hydrogens (tertiary/aromatic N) is 5. The molecule has 0 bridgehead atoms. The molecule has 1 aromatic rings. The van der Waals surface area contributed by atoms with E-state index < -0.39 is 18.0 Å². The number of carbonyl (C=O) groups excluding carboxylic acids is 3. The molecule has 2 saturated heterocycles. The summed E-state index contributed by atoms with van der Waals surface area (Å²) in [5.74, 6) is -0.475. The van der Waals surface area contributed by atoms with Crippen molar-refractivity contribution in [1.29, 1.82) is 0 Å². The highest BCUT2D eigenvalue weighted by atomic mass is 32.2. The van der Waals surface area contributed by atoms with E-state index >= 15 is 0 Å². The van der Waals surface area contributed by atoms with Crippen LogP contribution < -0.4 is 4.90 Å². The number of β-lactam (4-membered cyclic amide) rings is 1. The highest BCUT2D eigenvalue weighted by Crippen LogP contribution is 2.52. The summed E-state index contributed by atoms with van der Waals surface area (Å²) in [6, 6.07) is 1.65. The first-order valence-electron chi connectivity index (χ1n) is 13.8. The Kier molecular flexibility index (Phi) is 8.27. The van der Waals surface area contributed by atoms with Gasteiger partial charge in [0.15, 0.2) is 0 Å². The average molecular weight is 572 g/mol. The summed E-state index contributed by atoms with van der Waals surface area (Å²) >= 11 is 1.53. The molecule has 1 aromatic heterocycles. The summed E-state index contributed by atoms with van der Waals surface area (Å²) in [5.41, 5.74) is 0.251. The van der Waals surface area contributed by atoms with Gasteiger partial charge in [0.25, 0.3) is 0 Å². The van der Waals surface area contributed by atoms with Crippen molar-refractivity contribution >= 4 is 35.5 Å². The number of thioether (sulfide) groups is 1. The molecule has 2 amide bonds. The number of amides is 2. The lowest BCUT2D eigenvalue weighted by molar-refractivity contribution is -0.164. The number of esters is 1. The Bertz CT molecular complexity index is 1210. The van der Waals surface area contributed by atoms with Gasteiger partial charge in [-0.2, -0.15) is 5.10 Å². The number of hydrogen-bond acceptors (Lipinski definition) is 9. The summed E-state index contributed by atoms with van der Waals surface area (Å²) in [5, 5.41) is 14.6. The summed E-state index contributed by atoms with van der Waals surface area (Å²) in [6.45, 7) is 14.0. The van der Waals surface area contributed by atoms with Gasteiger partial charge in [0.1, 0.15) is 24.7 Å². The van der Waals surface area contributed by atoms with Gasteiger partial charge in [-0.25, -0.2) is 14.3 Å². The maximum Gasteiger partial charge on any atom is 0.410 e. The SMILES string of the molecule is C=CCOC(=O)C1=C(S[C@H]2C[C@@H](CCN3CCn4nccc43)N(C(=O)OCC=C)C2)[C@H](C)[C@@H]2[C@@H]([C@@H](C)O)C(=O)N12. The van der Waals surface area contributed by atoms with Crippen molar-refractivity contribution in [2.75, 3.05) is 37.7 Å². The van der Waals surface area contributed by atoms with Crippen molar-refractivity contribution < 1.29 is 29.0 Å². The lowest BCUT2D eigenvalue weighted by Crippen LogP contribution is -2.63. The van der Waals surface area contributed by atoms with Crippen molar-refractivity contribution in [1.82, 2.24) is 19.6 Å². The fraction of sp³-hybridized carbons (Fsp3) is 0.571. The van der Waals surface area contributed by atoms with E-state index in [4.69, 9.17) is 9.47 Å². The molecular formula is C28H37N5O6S. The Morgan fingerprint density at radius 2 is 2.00 bits per heavy atom. The minimum absolute atomic E-state index is 0.0103. The standard InChI is InChI=1S/C28H37N5O6S/c1-5-13-38-27(36)24-25(17(3)23-22(18(4)34)26(35)33(23)24)40-20-15-19(31(16-20)28(37)39-14-6-2)8-10-30-11-12-32-21(30)7-9-29-32/h5-7,9,17-20,22-23,34H,1-2,8,10-16H2,3-4H3/t17-,18-,19-,20+,22-,23-/m1/s1. The molecule has 0 spiro atoms. The number of likely N-dealkylation sites (tertiary alicyclic amines) is 1. The molecule has 11 nitrogen and oxygen atoms in total. The zero-order chi connectivity index (χ0) is 28.6. The van der Waals surface area contributed by atoms with E-state index in [1.165, 1.54) is 22.7 Å². The first-order chi connectivity index (χ1) is 19.3. The summed E-state index contributed by atoms with van der Waals surface area (Å²) < 4.78 is 12.8. The molecule has 0 saturated carbocycles. The van der Waals surface area contributed by atoms with Crippen LogP contribution in [0.3, 0.4) is 0 Å². The smallest absolute Gasteiger partial charge is 0.410 e. The van der Waals surface area contributed by atoms with Crippen molar-refractivity contribution in [3.05, 3.63) is 48.2 Å². The Labute approximate surface area is 238 Å². The largest absolute Gasteiger partial charge is 0.457 e. The number of aromatic nitrogens is 2. The summed E-state index contributed by atoms with van der Waals surface area (Å²) in [6.07, 6.45) is 5.10. The van der Waals surface area contributed by atoms with Crippen LogP contribution in [0.4, 0.5) is 10.6 Å². The van der Waals surface area contributed by atoms with E-state index in [-0.39, 0.29) is 54.2 Å². The van der Waals surface area contributed by atoms with E-state index in [1.807, 2.05) is 17.7 Å². The maximum atomic E-state index is 13.1. The number of fused-ring (bicyclic) bond motifs is 2. The Balaban J connectivity index is 1.34. The van der Waals surface area contributed by atoms with E-state index in [1.54, 1.807) is 24.1 Å². The van der Waals surface area contributed by atoms with Gasteiger partial charge in [-0.1, -0.05) is 32.2 Å². The second-order valence-electron chi connectivity index (χ2n) is 10.7. The quantitative estimate of drug-likeness (QED) is 0.243. The predicted octanol–water partition coefficient (Wildman–Crippen LogP) is 2.39. The third-order valence-corrected chi connectivity index (χ3v) is 9.69. The normalized spacial score (nSPS) is 27.8. The zero-order valence-electron chi connectivity index (χ0n) is 23.0. The van der Waals surface area contributed by atoms with Gasteiger partial charge >= 0.3 is 12.1 Å². The van der Waals surface area contributed by atoms with Crippen LogP contribution in [-0.4, -0.2) is 98.9 Å². The van der Waals surface area contributed by atoms with Crippen LogP contribution in [0, 0.1) is 11.8 Å². The first kappa shape index (κ1) is 28.3. The van der Waals surface area contributed by atoms with Gasteiger partial charge in [0.05, 0.1) is 30.8 Å². The number of anilines is 1. The second kappa shape index (κ2) is 11.7. The van der Waals surface area contributed by atoms with E-state index in [9.17, 15) is 19.5 Å². The van der Waals surface area contributed by atoms with Crippen LogP contribution in [0.15, 0.2) is 48.2 Å². The molecule has 5 heterocycles. The molecule has 6 atom stereocenters. The monoisotopic (exact) mass is 571 g/mol. The molecule has 2 fully saturated rings. The van der Waals surface area contributed by atoms with Crippen LogP contribution >= 0.6 is 11.8 Å². The van der Waals surface area contributed by atoms with E-state index in [0.717, 1.165) is 36.8 Å². The highest BCUT2D eigenvalue weighted by Gasteiger charge is 2.60. The summed E-state index contributed by atoms with van der Waals surface area (Å²) in [7, 11) is 0. The summed E-state index contributed by atoms with van der Waals surface area (Å²) in [4.78, 5) is 45.5. The van der Waals surface area contributed by atoms with Crippen LogP contribution in [-0.2, 0) is 25.6 Å². The minimum atomic E-state index is -0.820. The Morgan fingerprint density at radius 1 is 1.25 bits per heavy atom. The molecule has 4 aliphatic heterocycles. The van der Waals surface area contributed by atoms with Crippen LogP contribution in [0.25, 0.3) is 0 Å². The topological polar surface area (TPSA) is 117 Å². The fourth-order valence-corrected chi connectivity index (χ4v) is 7.91. The average Bonchev–Trinajstić information content (AvgIpc) is 3.68. The number of hydrogen-bond donors (Lipinski definition) is 1. The molecule has 5 rings (SSSR count). The number of ether oxygens (including phenoxy) is 2. The molecule has 12 heteroatoms. The van der Waals surface area contributed by atoms with Gasteiger partial charge in [0, 0.05) is 47.8 Å². The number of aliphatic hydroxyl groups is 1. The number of aliphatic hydroxyl groups excluding tert-OH is 1. The molecule has 4 aliphatic rings. The van der Waals surface area contributed by atoms with Gasteiger partial charge in [-0.15, -0.1) is 11.8 Å². The molecule has 0 aromatic carbocycles. The lowest BCUT2D eigenvalue weighted by Gasteiger charge is -2.46. The third-order valence-electron chi connectivity index (χ3n) is 8.20. The van der Waals surface area contributed by atoms with Crippen molar-refractivity contribution in [2.24, 2.45) is 11.8 Å². The molecule has 0 radical (unpaired) electrons. The number of rotatable bonds is 11. The van der Waals surface area contributed by atoms with Crippen LogP contribution in [0.5, 0.6) is 0 Å². The van der Waals surface area contributed by atoms with Crippen molar-refractivity contribution in [3.8, 4) is 0 Å². The second-order valence-corrected chi connectivity index (χ2v) is 12.0. The Hall–Kier alpha value is -3.25. The Morgan fingerprint density at radius 3 is 2.73 bits per heavy atom. The lowest BCUT2D eigenvalue weighted by atomic mass is 9.79.